The fourth-order valence-electron chi connectivity index (χ4n) is 1.14. The van der Waals surface area contributed by atoms with E-state index in [1.165, 1.54) is 12.4 Å². The molecule has 0 fully saturated rings. The van der Waals surface area contributed by atoms with Crippen LogP contribution in [0.25, 0.3) is 4.85 Å². The summed E-state index contributed by atoms with van der Waals surface area (Å²) < 4.78 is 5.40. The van der Waals surface area contributed by atoms with Crippen molar-refractivity contribution >= 4 is 23.1 Å². The minimum atomic E-state index is 0.256. The molecule has 0 aliphatic heterocycles. The van der Waals surface area contributed by atoms with Crippen LogP contribution in [0.2, 0.25) is 5.02 Å². The Morgan fingerprint density at radius 1 is 1.29 bits per heavy atom. The average Bonchev–Trinajstić information content (AvgIpc) is 2.34. The zero-order chi connectivity index (χ0) is 12.3. The smallest absolute Gasteiger partial charge is 0.269 e. The maximum Gasteiger partial charge on any atom is 0.269 e. The van der Waals surface area contributed by atoms with E-state index in [0.29, 0.717) is 22.3 Å². The molecule has 5 nitrogen and oxygen atoms in total. The molecular weight excluding hydrogens is 240 g/mol. The molecule has 0 radical (unpaired) electrons. The van der Waals surface area contributed by atoms with Gasteiger partial charge in [0.1, 0.15) is 0 Å². The number of halogens is 1. The van der Waals surface area contributed by atoms with Crippen LogP contribution in [0.4, 0.5) is 11.5 Å². The van der Waals surface area contributed by atoms with E-state index in [4.69, 9.17) is 28.6 Å². The van der Waals surface area contributed by atoms with Gasteiger partial charge < -0.3 is 15.3 Å². The molecule has 0 atom stereocenters. The highest BCUT2D eigenvalue weighted by Crippen LogP contribution is 2.27. The lowest BCUT2D eigenvalue weighted by Crippen LogP contribution is -1.94. The van der Waals surface area contributed by atoms with Gasteiger partial charge in [-0.15, -0.1) is 4.98 Å². The van der Waals surface area contributed by atoms with Gasteiger partial charge in [0, 0.05) is 6.20 Å². The first-order chi connectivity index (χ1) is 8.19. The molecule has 0 saturated heterocycles. The van der Waals surface area contributed by atoms with Gasteiger partial charge in [0.05, 0.1) is 10.7 Å². The van der Waals surface area contributed by atoms with Gasteiger partial charge in [-0.1, -0.05) is 18.2 Å². The topological polar surface area (TPSA) is 65.4 Å². The molecule has 2 aromatic rings. The van der Waals surface area contributed by atoms with E-state index >= 15 is 0 Å². The number of ether oxygens (including phenoxy) is 1. The average molecular weight is 247 g/mol. The van der Waals surface area contributed by atoms with Gasteiger partial charge in [0.15, 0.2) is 11.9 Å². The number of pyridine rings is 2. The van der Waals surface area contributed by atoms with Crippen molar-refractivity contribution in [2.45, 2.75) is 0 Å². The quantitative estimate of drug-likeness (QED) is 0.827. The van der Waals surface area contributed by atoms with Crippen LogP contribution < -0.4 is 10.5 Å². The number of hydrogen-bond donors (Lipinski definition) is 1. The van der Waals surface area contributed by atoms with Crippen LogP contribution >= 0.6 is 11.6 Å². The summed E-state index contributed by atoms with van der Waals surface area (Å²) in [7, 11) is 0. The molecular formula is C11H7ClN4O. The summed E-state index contributed by atoms with van der Waals surface area (Å²) >= 11 is 5.72. The van der Waals surface area contributed by atoms with Crippen LogP contribution in [0.1, 0.15) is 0 Å². The molecule has 0 amide bonds. The third-order valence-corrected chi connectivity index (χ3v) is 2.10. The third-order valence-electron chi connectivity index (χ3n) is 1.90. The second-order valence-corrected chi connectivity index (χ2v) is 3.55. The van der Waals surface area contributed by atoms with Gasteiger partial charge in [-0.2, -0.15) is 0 Å². The highest BCUT2D eigenvalue weighted by molar-refractivity contribution is 6.30. The second-order valence-electron chi connectivity index (χ2n) is 3.11. The van der Waals surface area contributed by atoms with Gasteiger partial charge >= 0.3 is 0 Å². The van der Waals surface area contributed by atoms with Crippen molar-refractivity contribution in [3.05, 3.63) is 47.0 Å². The predicted octanol–water partition coefficient (Wildman–Crippen LogP) is 3.06. The zero-order valence-electron chi connectivity index (χ0n) is 8.59. The molecule has 2 N–H and O–H groups in total. The number of aromatic nitrogens is 2. The van der Waals surface area contributed by atoms with Gasteiger partial charge in [-0.25, -0.2) is 4.98 Å². The van der Waals surface area contributed by atoms with Crippen molar-refractivity contribution in [2.75, 3.05) is 5.73 Å². The molecule has 2 aromatic heterocycles. The Hall–Kier alpha value is -2.32. The molecule has 0 spiro atoms. The number of hydrogen-bond acceptors (Lipinski definition) is 4. The molecule has 2 heterocycles. The maximum absolute atomic E-state index is 6.77. The fourth-order valence-corrected chi connectivity index (χ4v) is 1.30. The molecule has 6 heteroatoms. The monoisotopic (exact) mass is 246 g/mol. The van der Waals surface area contributed by atoms with E-state index in [1.807, 2.05) is 0 Å². The van der Waals surface area contributed by atoms with Crippen molar-refractivity contribution in [1.82, 2.24) is 9.97 Å². The number of nitrogens with zero attached hydrogens (tertiary/aromatic N) is 3. The lowest BCUT2D eigenvalue weighted by Gasteiger charge is -2.05. The van der Waals surface area contributed by atoms with Gasteiger partial charge in [-0.3, -0.25) is 0 Å². The number of nitrogen functional groups attached to an aromatic ring is 1. The summed E-state index contributed by atoms with van der Waals surface area (Å²) in [5.41, 5.74) is 6.02. The number of rotatable bonds is 2. The van der Waals surface area contributed by atoms with Gasteiger partial charge in [-0.05, 0) is 18.2 Å². The summed E-state index contributed by atoms with van der Waals surface area (Å²) in [6, 6.07) is 4.72. The van der Waals surface area contributed by atoms with Crippen LogP contribution in [0, 0.1) is 6.57 Å². The normalized spacial score (nSPS) is 9.65. The van der Waals surface area contributed by atoms with E-state index in [0.717, 1.165) is 0 Å². The van der Waals surface area contributed by atoms with E-state index in [-0.39, 0.29) is 5.88 Å². The van der Waals surface area contributed by atoms with Crippen LogP contribution in [-0.2, 0) is 0 Å². The largest absolute Gasteiger partial charge is 0.433 e. The van der Waals surface area contributed by atoms with Crippen molar-refractivity contribution in [3.8, 4) is 11.6 Å². The molecule has 17 heavy (non-hydrogen) atoms. The fraction of sp³-hybridized carbons (Fsp3) is 0. The molecule has 2 rings (SSSR count). The van der Waals surface area contributed by atoms with Crippen LogP contribution in [0.3, 0.4) is 0 Å². The third kappa shape index (κ3) is 2.62. The number of anilines is 1. The Bertz CT molecular complexity index is 577. The Morgan fingerprint density at radius 3 is 2.71 bits per heavy atom. The Balaban J connectivity index is 2.23. The first-order valence-corrected chi connectivity index (χ1v) is 4.99. The first kappa shape index (κ1) is 11.2. The Kier molecular flexibility index (Phi) is 3.08. The summed E-state index contributed by atoms with van der Waals surface area (Å²) in [5.74, 6) is 1.01. The number of nitrogens with two attached hydrogens (primary N) is 1. The van der Waals surface area contributed by atoms with Crippen molar-refractivity contribution in [3.63, 3.8) is 0 Å². The molecule has 0 aliphatic carbocycles. The highest BCUT2D eigenvalue weighted by Gasteiger charge is 2.06. The molecule has 0 saturated carbocycles. The van der Waals surface area contributed by atoms with Crippen LogP contribution in [0.15, 0.2) is 30.6 Å². The Labute approximate surface area is 103 Å². The lowest BCUT2D eigenvalue weighted by molar-refractivity contribution is 0.463. The van der Waals surface area contributed by atoms with Gasteiger partial charge in [0.25, 0.3) is 5.82 Å². The molecule has 0 bridgehead atoms. The van der Waals surface area contributed by atoms with E-state index in [2.05, 4.69) is 14.8 Å². The Morgan fingerprint density at radius 2 is 2.12 bits per heavy atom. The minimum Gasteiger partial charge on any atom is -0.433 e. The van der Waals surface area contributed by atoms with E-state index in [1.54, 1.807) is 18.2 Å². The molecule has 84 valence electrons. The standard InChI is InChI=1S/C11H7ClN4O/c1-14-10-3-2-8(6-15-10)17-11-9(13)4-7(12)5-16-11/h2-6H,13H2. The highest BCUT2D eigenvalue weighted by atomic mass is 35.5. The molecule has 0 aliphatic rings. The summed E-state index contributed by atoms with van der Waals surface area (Å²) in [6.07, 6.45) is 2.87. The van der Waals surface area contributed by atoms with E-state index < -0.39 is 0 Å². The SMILES string of the molecule is [C-]#[N+]c1ccc(Oc2ncc(Cl)cc2N)cn1. The maximum atomic E-state index is 6.77. The molecule has 0 unspecified atom stereocenters. The summed E-state index contributed by atoms with van der Waals surface area (Å²) in [4.78, 5) is 11.0. The van der Waals surface area contributed by atoms with Crippen LogP contribution in [-0.4, -0.2) is 9.97 Å². The predicted molar refractivity (Wildman–Crippen MR) is 64.2 cm³/mol. The van der Waals surface area contributed by atoms with Crippen molar-refractivity contribution in [2.24, 2.45) is 0 Å². The summed E-state index contributed by atoms with van der Waals surface area (Å²) in [5, 5.41) is 0.441. The van der Waals surface area contributed by atoms with E-state index in [9.17, 15) is 0 Å². The second kappa shape index (κ2) is 4.68. The van der Waals surface area contributed by atoms with Crippen molar-refractivity contribution < 1.29 is 4.74 Å². The molecule has 0 aromatic carbocycles. The minimum absolute atomic E-state index is 0.256. The van der Waals surface area contributed by atoms with Crippen LogP contribution in [0.5, 0.6) is 11.6 Å². The summed E-state index contributed by atoms with van der Waals surface area (Å²) in [6.45, 7) is 6.77. The first-order valence-electron chi connectivity index (χ1n) is 4.61. The lowest BCUT2D eigenvalue weighted by atomic mass is 10.4. The zero-order valence-corrected chi connectivity index (χ0v) is 9.35. The van der Waals surface area contributed by atoms with Crippen molar-refractivity contribution in [1.29, 1.82) is 0 Å². The van der Waals surface area contributed by atoms with Gasteiger partial charge in [0.2, 0.25) is 5.88 Å².